The fourth-order valence-corrected chi connectivity index (χ4v) is 3.34. The maximum absolute atomic E-state index is 12.5. The Hall–Kier alpha value is -0.570. The standard InChI is InChI=1S/C15H28N2O/c1-2-11-16-14-10-7-12-17(15(14)18)13-8-5-3-4-6-9-13/h13-14,16H,2-12H2,1H3. The molecule has 2 rings (SSSR count). The van der Waals surface area contributed by atoms with E-state index < -0.39 is 0 Å². The molecular formula is C15H28N2O. The van der Waals surface area contributed by atoms with Crippen LogP contribution < -0.4 is 5.32 Å². The number of nitrogens with zero attached hydrogens (tertiary/aromatic N) is 1. The summed E-state index contributed by atoms with van der Waals surface area (Å²) in [5.41, 5.74) is 0. The molecule has 1 aliphatic carbocycles. The molecule has 0 aromatic rings. The lowest BCUT2D eigenvalue weighted by atomic mass is 9.99. The molecule has 2 fully saturated rings. The van der Waals surface area contributed by atoms with Gasteiger partial charge in [0.25, 0.3) is 0 Å². The summed E-state index contributed by atoms with van der Waals surface area (Å²) in [6.07, 6.45) is 11.1. The largest absolute Gasteiger partial charge is 0.338 e. The molecule has 3 nitrogen and oxygen atoms in total. The third-order valence-electron chi connectivity index (χ3n) is 4.38. The summed E-state index contributed by atoms with van der Waals surface area (Å²) < 4.78 is 0. The zero-order chi connectivity index (χ0) is 12.8. The lowest BCUT2D eigenvalue weighted by Crippen LogP contribution is -2.54. The lowest BCUT2D eigenvalue weighted by molar-refractivity contribution is -0.138. The monoisotopic (exact) mass is 252 g/mol. The highest BCUT2D eigenvalue weighted by molar-refractivity contribution is 5.82. The summed E-state index contributed by atoms with van der Waals surface area (Å²) in [4.78, 5) is 14.7. The number of rotatable bonds is 4. The first-order chi connectivity index (χ1) is 8.83. The van der Waals surface area contributed by atoms with Crippen molar-refractivity contribution in [1.29, 1.82) is 0 Å². The van der Waals surface area contributed by atoms with Crippen LogP contribution >= 0.6 is 0 Å². The Labute approximate surface area is 111 Å². The number of carbonyl (C=O) groups excluding carboxylic acids is 1. The van der Waals surface area contributed by atoms with Crippen LogP contribution in [0.3, 0.4) is 0 Å². The predicted molar refractivity (Wildman–Crippen MR) is 74.5 cm³/mol. The van der Waals surface area contributed by atoms with Gasteiger partial charge in [-0.05, 0) is 38.6 Å². The third kappa shape index (κ3) is 3.47. The first kappa shape index (κ1) is 13.9. The maximum Gasteiger partial charge on any atom is 0.239 e. The minimum Gasteiger partial charge on any atom is -0.338 e. The van der Waals surface area contributed by atoms with Gasteiger partial charge in [0.1, 0.15) is 0 Å². The second kappa shape index (κ2) is 7.13. The van der Waals surface area contributed by atoms with Crippen LogP contribution in [0.4, 0.5) is 0 Å². The Bertz CT molecular complexity index is 259. The molecule has 1 N–H and O–H groups in total. The minimum atomic E-state index is 0.0990. The van der Waals surface area contributed by atoms with Crippen molar-refractivity contribution in [2.45, 2.75) is 76.8 Å². The van der Waals surface area contributed by atoms with E-state index >= 15 is 0 Å². The van der Waals surface area contributed by atoms with E-state index in [1.54, 1.807) is 0 Å². The van der Waals surface area contributed by atoms with E-state index in [0.717, 1.165) is 25.9 Å². The van der Waals surface area contributed by atoms with Crippen molar-refractivity contribution in [1.82, 2.24) is 10.2 Å². The average molecular weight is 252 g/mol. The van der Waals surface area contributed by atoms with Crippen LogP contribution in [-0.4, -0.2) is 36.0 Å². The van der Waals surface area contributed by atoms with Gasteiger partial charge in [0.05, 0.1) is 6.04 Å². The zero-order valence-electron chi connectivity index (χ0n) is 11.8. The molecule has 0 bridgehead atoms. The van der Waals surface area contributed by atoms with E-state index in [1.807, 2.05) is 0 Å². The molecule has 1 amide bonds. The number of likely N-dealkylation sites (tertiary alicyclic amines) is 1. The van der Waals surface area contributed by atoms with Gasteiger partial charge in [0.15, 0.2) is 0 Å². The van der Waals surface area contributed by atoms with Crippen LogP contribution in [0.15, 0.2) is 0 Å². The van der Waals surface area contributed by atoms with Crippen molar-refractivity contribution in [3.8, 4) is 0 Å². The molecular weight excluding hydrogens is 224 g/mol. The Morgan fingerprint density at radius 3 is 2.50 bits per heavy atom. The Kier molecular flexibility index (Phi) is 5.48. The fraction of sp³-hybridized carbons (Fsp3) is 0.933. The number of carbonyl (C=O) groups is 1. The van der Waals surface area contributed by atoms with Crippen molar-refractivity contribution in [2.75, 3.05) is 13.1 Å². The highest BCUT2D eigenvalue weighted by Gasteiger charge is 2.32. The van der Waals surface area contributed by atoms with Gasteiger partial charge in [-0.3, -0.25) is 4.79 Å². The summed E-state index contributed by atoms with van der Waals surface area (Å²) >= 11 is 0. The van der Waals surface area contributed by atoms with E-state index in [2.05, 4.69) is 17.1 Å². The maximum atomic E-state index is 12.5. The number of amides is 1. The molecule has 0 spiro atoms. The first-order valence-electron chi connectivity index (χ1n) is 7.86. The first-order valence-corrected chi connectivity index (χ1v) is 7.86. The summed E-state index contributed by atoms with van der Waals surface area (Å²) in [6.45, 7) is 4.12. The number of nitrogens with one attached hydrogen (secondary N) is 1. The van der Waals surface area contributed by atoms with Gasteiger partial charge in [-0.1, -0.05) is 32.6 Å². The molecule has 1 unspecified atom stereocenters. The van der Waals surface area contributed by atoms with Gasteiger partial charge in [-0.15, -0.1) is 0 Å². The van der Waals surface area contributed by atoms with Gasteiger partial charge in [-0.2, -0.15) is 0 Å². The molecule has 2 aliphatic rings. The zero-order valence-corrected chi connectivity index (χ0v) is 11.8. The van der Waals surface area contributed by atoms with Gasteiger partial charge in [0.2, 0.25) is 5.91 Å². The summed E-state index contributed by atoms with van der Waals surface area (Å²) in [7, 11) is 0. The molecule has 104 valence electrons. The van der Waals surface area contributed by atoms with Crippen molar-refractivity contribution < 1.29 is 4.79 Å². The molecule has 1 aliphatic heterocycles. The molecule has 1 saturated heterocycles. The molecule has 0 aromatic heterocycles. The van der Waals surface area contributed by atoms with Crippen LogP contribution in [0, 0.1) is 0 Å². The molecule has 3 heteroatoms. The number of piperidine rings is 1. The second-order valence-corrected chi connectivity index (χ2v) is 5.83. The Morgan fingerprint density at radius 2 is 1.83 bits per heavy atom. The van der Waals surface area contributed by atoms with E-state index in [1.165, 1.54) is 44.9 Å². The Morgan fingerprint density at radius 1 is 1.11 bits per heavy atom. The minimum absolute atomic E-state index is 0.0990. The summed E-state index contributed by atoms with van der Waals surface area (Å²) in [6, 6.07) is 0.633. The highest BCUT2D eigenvalue weighted by atomic mass is 16.2. The molecule has 1 saturated carbocycles. The van der Waals surface area contributed by atoms with E-state index in [-0.39, 0.29) is 6.04 Å². The van der Waals surface area contributed by atoms with Crippen molar-refractivity contribution in [3.63, 3.8) is 0 Å². The fourth-order valence-electron chi connectivity index (χ4n) is 3.34. The summed E-state index contributed by atoms with van der Waals surface area (Å²) in [5, 5.41) is 3.41. The Balaban J connectivity index is 1.92. The van der Waals surface area contributed by atoms with Gasteiger partial charge in [0, 0.05) is 12.6 Å². The van der Waals surface area contributed by atoms with Crippen molar-refractivity contribution in [2.24, 2.45) is 0 Å². The molecule has 18 heavy (non-hydrogen) atoms. The van der Waals surface area contributed by atoms with Crippen molar-refractivity contribution in [3.05, 3.63) is 0 Å². The highest BCUT2D eigenvalue weighted by Crippen LogP contribution is 2.25. The molecule has 0 radical (unpaired) electrons. The van der Waals surface area contributed by atoms with Crippen LogP contribution in [0.25, 0.3) is 0 Å². The number of hydrogen-bond donors (Lipinski definition) is 1. The van der Waals surface area contributed by atoms with Crippen LogP contribution in [0.5, 0.6) is 0 Å². The molecule has 1 atom stereocenters. The van der Waals surface area contributed by atoms with Crippen LogP contribution in [0.2, 0.25) is 0 Å². The van der Waals surface area contributed by atoms with Gasteiger partial charge in [-0.25, -0.2) is 0 Å². The second-order valence-electron chi connectivity index (χ2n) is 5.83. The van der Waals surface area contributed by atoms with Crippen molar-refractivity contribution >= 4 is 5.91 Å². The quantitative estimate of drug-likeness (QED) is 0.780. The van der Waals surface area contributed by atoms with E-state index in [9.17, 15) is 4.79 Å². The smallest absolute Gasteiger partial charge is 0.239 e. The average Bonchev–Trinajstić information content (AvgIpc) is 2.66. The normalized spacial score (nSPS) is 27.3. The van der Waals surface area contributed by atoms with E-state index in [0.29, 0.717) is 11.9 Å². The predicted octanol–water partition coefficient (Wildman–Crippen LogP) is 2.70. The number of hydrogen-bond acceptors (Lipinski definition) is 2. The van der Waals surface area contributed by atoms with Gasteiger partial charge < -0.3 is 10.2 Å². The SMILES string of the molecule is CCCNC1CCCN(C2CCCCCC2)C1=O. The molecule has 1 heterocycles. The van der Waals surface area contributed by atoms with E-state index in [4.69, 9.17) is 0 Å². The third-order valence-corrected chi connectivity index (χ3v) is 4.38. The summed E-state index contributed by atoms with van der Waals surface area (Å²) in [5.74, 6) is 0.376. The molecule has 0 aromatic carbocycles. The van der Waals surface area contributed by atoms with Crippen LogP contribution in [0.1, 0.15) is 64.7 Å². The van der Waals surface area contributed by atoms with Crippen LogP contribution in [-0.2, 0) is 4.79 Å². The lowest BCUT2D eigenvalue weighted by Gasteiger charge is -2.38. The topological polar surface area (TPSA) is 32.3 Å². The van der Waals surface area contributed by atoms with Gasteiger partial charge >= 0.3 is 0 Å².